The van der Waals surface area contributed by atoms with Crippen LogP contribution in [-0.2, 0) is 35.3 Å². The smallest absolute Gasteiger partial charge is 0.335 e. The van der Waals surface area contributed by atoms with Gasteiger partial charge in [-0.3, -0.25) is 14.2 Å². The summed E-state index contributed by atoms with van der Waals surface area (Å²) in [6.07, 6.45) is -2.81. The Kier molecular flexibility index (Phi) is 6.98. The van der Waals surface area contributed by atoms with E-state index in [1.807, 2.05) is 0 Å². The molecule has 1 aromatic rings. The van der Waals surface area contributed by atoms with E-state index >= 15 is 0 Å². The molecule has 1 aliphatic rings. The molecule has 11 nitrogen and oxygen atoms in total. The van der Waals surface area contributed by atoms with Gasteiger partial charge in [0.25, 0.3) is 5.56 Å². The molecule has 4 atom stereocenters. The molecule has 4 unspecified atom stereocenters. The van der Waals surface area contributed by atoms with Crippen molar-refractivity contribution in [3.05, 3.63) is 33.1 Å². The Morgan fingerprint density at radius 1 is 1.28 bits per heavy atom. The number of nitrogens with zero attached hydrogens (tertiary/aromatic N) is 2. The number of esters is 2. The number of aliphatic hydroxyl groups excluding tert-OH is 1. The largest absolute Gasteiger partial charge is 0.467 e. The van der Waals surface area contributed by atoms with Gasteiger partial charge in [-0.15, -0.1) is 0 Å². The number of carbonyl (C=O) groups is 2. The summed E-state index contributed by atoms with van der Waals surface area (Å²) in [7, 11) is 1.19. The summed E-state index contributed by atoms with van der Waals surface area (Å²) in [4.78, 5) is 48.2. The van der Waals surface area contributed by atoms with Crippen molar-refractivity contribution >= 4 is 11.9 Å². The quantitative estimate of drug-likeness (QED) is 0.605. The monoisotopic (exact) mass is 414 g/mol. The number of methoxy groups -OCH3 is 1. The molecule has 0 saturated carbocycles. The molecule has 1 aliphatic heterocycles. The number of ether oxygens (including phenoxy) is 4. The molecule has 0 bridgehead atoms. The molecule has 0 aromatic carbocycles. The van der Waals surface area contributed by atoms with Gasteiger partial charge in [0.2, 0.25) is 0 Å². The van der Waals surface area contributed by atoms with Crippen molar-refractivity contribution in [3.63, 3.8) is 0 Å². The van der Waals surface area contributed by atoms with Crippen LogP contribution in [0.5, 0.6) is 0 Å². The molecule has 2 heterocycles. The van der Waals surface area contributed by atoms with Crippen molar-refractivity contribution < 1.29 is 33.6 Å². The second-order valence-corrected chi connectivity index (χ2v) is 7.66. The van der Waals surface area contributed by atoms with Crippen LogP contribution >= 0.6 is 0 Å². The Hall–Kier alpha value is -2.50. The molecule has 29 heavy (non-hydrogen) atoms. The number of hydrogen-bond donors (Lipinski definition) is 1. The zero-order chi connectivity index (χ0) is 21.9. The van der Waals surface area contributed by atoms with Gasteiger partial charge in [0.15, 0.2) is 13.0 Å². The van der Waals surface area contributed by atoms with E-state index in [1.54, 1.807) is 27.7 Å². The zero-order valence-corrected chi connectivity index (χ0v) is 17.0. The maximum atomic E-state index is 12.8. The van der Waals surface area contributed by atoms with Crippen molar-refractivity contribution in [3.8, 4) is 0 Å². The molecule has 11 heteroatoms. The van der Waals surface area contributed by atoms with Crippen molar-refractivity contribution in [2.24, 2.45) is 5.41 Å². The Morgan fingerprint density at radius 2 is 1.93 bits per heavy atom. The summed E-state index contributed by atoms with van der Waals surface area (Å²) >= 11 is 0. The van der Waals surface area contributed by atoms with Crippen molar-refractivity contribution in [2.75, 3.05) is 13.7 Å². The first kappa shape index (κ1) is 22.8. The molecule has 1 fully saturated rings. The standard InChI is InChI=1S/C18H26N2O9/c1-10-13(23)14(27-8-12(22)26-5)15(29-10)19-7-6-11(21)20(17(19)25)9-28-16(24)18(2,3)4/h6-7,10,13-15,23H,8-9H2,1-5H3. The maximum Gasteiger partial charge on any atom is 0.335 e. The predicted octanol–water partition coefficient (Wildman–Crippen LogP) is -0.607. The van der Waals surface area contributed by atoms with Gasteiger partial charge in [0.05, 0.1) is 18.6 Å². The molecule has 1 N–H and O–H groups in total. The van der Waals surface area contributed by atoms with Gasteiger partial charge in [-0.25, -0.2) is 14.2 Å². The van der Waals surface area contributed by atoms with E-state index in [0.29, 0.717) is 0 Å². The molecule has 1 aromatic heterocycles. The van der Waals surface area contributed by atoms with Crippen molar-refractivity contribution in [1.82, 2.24) is 9.13 Å². The van der Waals surface area contributed by atoms with E-state index in [-0.39, 0.29) is 0 Å². The van der Waals surface area contributed by atoms with Gasteiger partial charge in [-0.2, -0.15) is 0 Å². The van der Waals surface area contributed by atoms with Gasteiger partial charge in [0, 0.05) is 12.3 Å². The minimum atomic E-state index is -1.13. The molecular weight excluding hydrogens is 388 g/mol. The minimum Gasteiger partial charge on any atom is -0.467 e. The predicted molar refractivity (Wildman–Crippen MR) is 97.9 cm³/mol. The molecule has 0 amide bonds. The van der Waals surface area contributed by atoms with Gasteiger partial charge in [0.1, 0.15) is 18.8 Å². The molecule has 1 saturated heterocycles. The second kappa shape index (κ2) is 8.89. The van der Waals surface area contributed by atoms with Crippen LogP contribution in [-0.4, -0.2) is 58.2 Å². The third kappa shape index (κ3) is 5.11. The normalized spacial score (nSPS) is 24.3. The second-order valence-electron chi connectivity index (χ2n) is 7.66. The van der Waals surface area contributed by atoms with E-state index in [1.165, 1.54) is 13.3 Å². The topological polar surface area (TPSA) is 135 Å². The minimum absolute atomic E-state index is 0.456. The lowest BCUT2D eigenvalue weighted by Gasteiger charge is -2.23. The maximum absolute atomic E-state index is 12.8. The van der Waals surface area contributed by atoms with E-state index in [2.05, 4.69) is 4.74 Å². The highest BCUT2D eigenvalue weighted by Gasteiger charge is 2.44. The summed E-state index contributed by atoms with van der Waals surface area (Å²) in [5, 5.41) is 10.3. The highest BCUT2D eigenvalue weighted by atomic mass is 16.6. The van der Waals surface area contributed by atoms with Gasteiger partial charge < -0.3 is 24.1 Å². The lowest BCUT2D eigenvalue weighted by molar-refractivity contribution is -0.157. The van der Waals surface area contributed by atoms with Crippen LogP contribution < -0.4 is 11.2 Å². The fourth-order valence-corrected chi connectivity index (χ4v) is 2.63. The Labute approximate surface area is 166 Å². The zero-order valence-electron chi connectivity index (χ0n) is 17.0. The van der Waals surface area contributed by atoms with Crippen molar-refractivity contribution in [2.45, 2.75) is 59.0 Å². The average Bonchev–Trinajstić information content (AvgIpc) is 2.92. The van der Waals surface area contributed by atoms with E-state index in [9.17, 15) is 24.3 Å². The third-order valence-corrected chi connectivity index (χ3v) is 4.38. The van der Waals surface area contributed by atoms with E-state index in [0.717, 1.165) is 15.2 Å². The van der Waals surface area contributed by atoms with Crippen LogP contribution in [0.4, 0.5) is 0 Å². The van der Waals surface area contributed by atoms with Crippen LogP contribution in [0.2, 0.25) is 0 Å². The van der Waals surface area contributed by atoms with E-state index < -0.39 is 66.5 Å². The lowest BCUT2D eigenvalue weighted by atomic mass is 9.98. The SMILES string of the molecule is COC(=O)COC1C(O)C(C)OC1n1ccc(=O)n(COC(=O)C(C)(C)C)c1=O. The summed E-state index contributed by atoms with van der Waals surface area (Å²) in [5.41, 5.74) is -2.30. The number of rotatable bonds is 6. The van der Waals surface area contributed by atoms with Crippen molar-refractivity contribution in [1.29, 1.82) is 0 Å². The van der Waals surface area contributed by atoms with Gasteiger partial charge >= 0.3 is 17.6 Å². The first-order chi connectivity index (χ1) is 13.5. The lowest BCUT2D eigenvalue weighted by Crippen LogP contribution is -2.44. The highest BCUT2D eigenvalue weighted by molar-refractivity contribution is 5.75. The molecule has 162 valence electrons. The fraction of sp³-hybridized carbons (Fsp3) is 0.667. The molecule has 0 aliphatic carbocycles. The van der Waals surface area contributed by atoms with Gasteiger partial charge in [-0.05, 0) is 27.7 Å². The Balaban J connectivity index is 2.31. The summed E-state index contributed by atoms with van der Waals surface area (Å²) in [6, 6.07) is 1.10. The number of hydrogen-bond acceptors (Lipinski definition) is 9. The molecular formula is C18H26N2O9. The van der Waals surface area contributed by atoms with Gasteiger partial charge in [-0.1, -0.05) is 0 Å². The molecule has 0 spiro atoms. The first-order valence-electron chi connectivity index (χ1n) is 8.98. The summed E-state index contributed by atoms with van der Waals surface area (Å²) < 4.78 is 22.3. The Bertz CT molecular complexity index is 867. The van der Waals surface area contributed by atoms with E-state index in [4.69, 9.17) is 14.2 Å². The van der Waals surface area contributed by atoms with Crippen LogP contribution in [0.3, 0.4) is 0 Å². The van der Waals surface area contributed by atoms with Crippen LogP contribution in [0, 0.1) is 5.41 Å². The van der Waals surface area contributed by atoms with Crippen LogP contribution in [0.25, 0.3) is 0 Å². The highest BCUT2D eigenvalue weighted by Crippen LogP contribution is 2.30. The fourth-order valence-electron chi connectivity index (χ4n) is 2.63. The molecule has 0 radical (unpaired) electrons. The van der Waals surface area contributed by atoms with Crippen LogP contribution in [0.15, 0.2) is 21.9 Å². The number of aromatic nitrogens is 2. The Morgan fingerprint density at radius 3 is 2.52 bits per heavy atom. The summed E-state index contributed by atoms with van der Waals surface area (Å²) in [6.45, 7) is 5.46. The summed E-state index contributed by atoms with van der Waals surface area (Å²) in [5.74, 6) is -1.25. The number of aliphatic hydroxyl groups is 1. The van der Waals surface area contributed by atoms with Crippen LogP contribution in [0.1, 0.15) is 33.9 Å². The third-order valence-electron chi connectivity index (χ3n) is 4.38. The molecule has 2 rings (SSSR count). The first-order valence-corrected chi connectivity index (χ1v) is 8.98. The average molecular weight is 414 g/mol. The number of carbonyl (C=O) groups excluding carboxylic acids is 2.